The SMILES string of the molecule is O=S(=O)(CF)N(CC(F)(F)F)c1ccc(C(O)(C(F)(F)F)C(F)(F)F)cc1. The molecule has 0 aromatic heterocycles. The van der Waals surface area contributed by atoms with Crippen LogP contribution in [0.25, 0.3) is 0 Å². The molecule has 0 saturated heterocycles. The van der Waals surface area contributed by atoms with Gasteiger partial charge >= 0.3 is 18.5 Å². The quantitative estimate of drug-likeness (QED) is 0.717. The molecule has 0 atom stereocenters. The van der Waals surface area contributed by atoms with Crippen LogP contribution in [0.3, 0.4) is 0 Å². The van der Waals surface area contributed by atoms with Crippen molar-refractivity contribution < 1.29 is 57.4 Å². The van der Waals surface area contributed by atoms with Gasteiger partial charge in [0.25, 0.3) is 15.6 Å². The maximum atomic E-state index is 12.7. The van der Waals surface area contributed by atoms with Gasteiger partial charge in [-0.15, -0.1) is 0 Å². The minimum atomic E-state index is -6.25. The molecule has 0 radical (unpaired) electrons. The van der Waals surface area contributed by atoms with Gasteiger partial charge in [0.05, 0.1) is 5.69 Å². The van der Waals surface area contributed by atoms with Crippen molar-refractivity contribution in [2.45, 2.75) is 24.1 Å². The number of rotatable bonds is 5. The van der Waals surface area contributed by atoms with Crippen molar-refractivity contribution in [3.8, 4) is 0 Å². The van der Waals surface area contributed by atoms with Crippen LogP contribution in [0.5, 0.6) is 0 Å². The Morgan fingerprint density at radius 3 is 1.56 bits per heavy atom. The molecule has 0 aliphatic heterocycles. The molecule has 1 aromatic rings. The Balaban J connectivity index is 3.48. The van der Waals surface area contributed by atoms with E-state index in [2.05, 4.69) is 0 Å². The summed E-state index contributed by atoms with van der Waals surface area (Å²) in [7, 11) is -5.21. The molecular formula is C12H9F10NO3S. The molecule has 15 heteroatoms. The zero-order valence-electron chi connectivity index (χ0n) is 12.6. The van der Waals surface area contributed by atoms with Gasteiger partial charge in [-0.1, -0.05) is 12.1 Å². The molecule has 0 unspecified atom stereocenters. The van der Waals surface area contributed by atoms with Gasteiger partial charge in [0.2, 0.25) is 6.01 Å². The summed E-state index contributed by atoms with van der Waals surface area (Å²) in [5.41, 5.74) is -8.23. The third-order valence-corrected chi connectivity index (χ3v) is 4.48. The second kappa shape index (κ2) is 7.00. The van der Waals surface area contributed by atoms with Gasteiger partial charge in [-0.25, -0.2) is 12.8 Å². The predicted octanol–water partition coefficient (Wildman–Crippen LogP) is 3.62. The van der Waals surface area contributed by atoms with E-state index in [1.165, 1.54) is 0 Å². The van der Waals surface area contributed by atoms with Gasteiger partial charge in [0.1, 0.15) is 6.54 Å². The third kappa shape index (κ3) is 4.75. The zero-order chi connectivity index (χ0) is 21.5. The van der Waals surface area contributed by atoms with Crippen molar-refractivity contribution in [3.63, 3.8) is 0 Å². The first-order valence-electron chi connectivity index (χ1n) is 6.46. The number of nitrogens with zero attached hydrogens (tertiary/aromatic N) is 1. The normalized spacial score (nSPS) is 14.3. The molecule has 1 N–H and O–H groups in total. The largest absolute Gasteiger partial charge is 0.430 e. The number of alkyl halides is 10. The molecule has 0 spiro atoms. The van der Waals surface area contributed by atoms with E-state index in [0.29, 0.717) is 0 Å². The lowest BCUT2D eigenvalue weighted by Gasteiger charge is -2.33. The second-order valence-corrected chi connectivity index (χ2v) is 6.92. The Bertz CT molecular complexity index is 738. The lowest BCUT2D eigenvalue weighted by atomic mass is 9.92. The van der Waals surface area contributed by atoms with Crippen LogP contribution in [-0.2, 0) is 15.6 Å². The minimum absolute atomic E-state index is 0.0621. The molecule has 0 amide bonds. The fraction of sp³-hybridized carbons (Fsp3) is 0.500. The molecule has 0 aliphatic carbocycles. The monoisotopic (exact) mass is 437 g/mol. The molecule has 4 nitrogen and oxygen atoms in total. The summed E-state index contributed by atoms with van der Waals surface area (Å²) in [6.07, 6.45) is -17.7. The highest BCUT2D eigenvalue weighted by Gasteiger charge is 2.71. The molecular weight excluding hydrogens is 428 g/mol. The molecule has 0 aliphatic rings. The summed E-state index contributed by atoms with van der Waals surface area (Å²) in [6.45, 7) is -2.28. The van der Waals surface area contributed by atoms with E-state index in [-0.39, 0.29) is 24.3 Å². The fourth-order valence-electron chi connectivity index (χ4n) is 1.93. The van der Waals surface area contributed by atoms with E-state index in [0.717, 1.165) is 0 Å². The van der Waals surface area contributed by atoms with E-state index in [1.54, 1.807) is 0 Å². The highest BCUT2D eigenvalue weighted by molar-refractivity contribution is 7.92. The van der Waals surface area contributed by atoms with Crippen LogP contribution >= 0.6 is 0 Å². The Morgan fingerprint density at radius 1 is 0.852 bits per heavy atom. The predicted molar refractivity (Wildman–Crippen MR) is 70.7 cm³/mol. The number of halogens is 10. The number of aliphatic hydroxyl groups is 1. The number of anilines is 1. The number of benzene rings is 1. The maximum Gasteiger partial charge on any atom is 0.430 e. The third-order valence-electron chi connectivity index (χ3n) is 3.19. The lowest BCUT2D eigenvalue weighted by molar-refractivity contribution is -0.376. The lowest BCUT2D eigenvalue weighted by Crippen LogP contribution is -2.53. The van der Waals surface area contributed by atoms with Crippen LogP contribution in [0.15, 0.2) is 24.3 Å². The van der Waals surface area contributed by atoms with E-state index in [1.807, 2.05) is 0 Å². The summed E-state index contributed by atoms with van der Waals surface area (Å²) in [5.74, 6) is 0. The van der Waals surface area contributed by atoms with Crippen LogP contribution in [0.1, 0.15) is 5.56 Å². The van der Waals surface area contributed by atoms with Gasteiger partial charge < -0.3 is 5.11 Å². The summed E-state index contributed by atoms with van der Waals surface area (Å²) in [5, 5.41) is 9.16. The molecule has 0 saturated carbocycles. The maximum absolute atomic E-state index is 12.7. The van der Waals surface area contributed by atoms with E-state index >= 15 is 0 Å². The standard InChI is InChI=1S/C12H9F10NO3S/c13-6-27(25,26)23(5-9(14,15)16)8-3-1-7(2-4-8)10(24,11(17,18)19)12(20,21)22/h1-4,24H,5-6H2. The van der Waals surface area contributed by atoms with E-state index < -0.39 is 62.3 Å². The molecule has 0 fully saturated rings. The smallest absolute Gasteiger partial charge is 0.369 e. The average molecular weight is 437 g/mol. The van der Waals surface area contributed by atoms with Crippen LogP contribution in [-0.4, -0.2) is 44.6 Å². The van der Waals surface area contributed by atoms with Crippen LogP contribution in [0, 0.1) is 0 Å². The van der Waals surface area contributed by atoms with Crippen LogP contribution < -0.4 is 4.31 Å². The summed E-state index contributed by atoms with van der Waals surface area (Å²) in [4.78, 5) is 0. The van der Waals surface area contributed by atoms with Crippen LogP contribution in [0.2, 0.25) is 0 Å². The Morgan fingerprint density at radius 2 is 1.26 bits per heavy atom. The van der Waals surface area contributed by atoms with Crippen molar-refractivity contribution in [3.05, 3.63) is 29.8 Å². The van der Waals surface area contributed by atoms with Gasteiger partial charge in [-0.05, 0) is 12.1 Å². The van der Waals surface area contributed by atoms with Gasteiger partial charge in [0, 0.05) is 5.56 Å². The summed E-state index contributed by atoms with van der Waals surface area (Å²) in [6, 6.07) is -2.13. The number of hydrogen-bond acceptors (Lipinski definition) is 3. The van der Waals surface area contributed by atoms with E-state index in [4.69, 9.17) is 5.11 Å². The van der Waals surface area contributed by atoms with Crippen molar-refractivity contribution in [2.75, 3.05) is 16.9 Å². The molecule has 0 heterocycles. The average Bonchev–Trinajstić information content (AvgIpc) is 2.49. The van der Waals surface area contributed by atoms with Gasteiger partial charge in [0.15, 0.2) is 0 Å². The first-order chi connectivity index (χ1) is 11.9. The van der Waals surface area contributed by atoms with E-state index in [9.17, 15) is 52.3 Å². The molecule has 1 aromatic carbocycles. The molecule has 0 bridgehead atoms. The Hall–Kier alpha value is -1.77. The fourth-order valence-corrected chi connectivity index (χ4v) is 2.83. The van der Waals surface area contributed by atoms with Crippen molar-refractivity contribution in [2.24, 2.45) is 0 Å². The first-order valence-corrected chi connectivity index (χ1v) is 8.07. The highest BCUT2D eigenvalue weighted by atomic mass is 32.2. The zero-order valence-corrected chi connectivity index (χ0v) is 13.4. The van der Waals surface area contributed by atoms with Gasteiger partial charge in [-0.2, -0.15) is 39.5 Å². The Kier molecular flexibility index (Phi) is 6.03. The highest BCUT2D eigenvalue weighted by Crippen LogP contribution is 2.50. The second-order valence-electron chi connectivity index (χ2n) is 5.10. The Labute approximate surface area is 145 Å². The number of hydrogen-bond donors (Lipinski definition) is 1. The van der Waals surface area contributed by atoms with Gasteiger partial charge in [-0.3, -0.25) is 4.31 Å². The van der Waals surface area contributed by atoms with Crippen molar-refractivity contribution >= 4 is 15.7 Å². The molecule has 156 valence electrons. The molecule has 27 heavy (non-hydrogen) atoms. The number of sulfonamides is 1. The van der Waals surface area contributed by atoms with Crippen LogP contribution in [0.4, 0.5) is 49.6 Å². The minimum Gasteiger partial charge on any atom is -0.369 e. The summed E-state index contributed by atoms with van der Waals surface area (Å²) >= 11 is 0. The van der Waals surface area contributed by atoms with Crippen molar-refractivity contribution in [1.29, 1.82) is 0 Å². The topological polar surface area (TPSA) is 57.6 Å². The summed E-state index contributed by atoms with van der Waals surface area (Å²) < 4.78 is 149. The first kappa shape index (κ1) is 23.3. The molecule has 1 rings (SSSR count). The van der Waals surface area contributed by atoms with Crippen molar-refractivity contribution in [1.82, 2.24) is 0 Å².